The molecule has 2 saturated heterocycles. The van der Waals surface area contributed by atoms with Gasteiger partial charge in [0.05, 0.1) is 42.5 Å². The Morgan fingerprint density at radius 1 is 1.16 bits per heavy atom. The van der Waals surface area contributed by atoms with Gasteiger partial charge in [0, 0.05) is 19.2 Å². The van der Waals surface area contributed by atoms with Crippen LogP contribution in [0.1, 0.15) is 43.8 Å². The summed E-state index contributed by atoms with van der Waals surface area (Å²) < 4.78 is 60.9. The molecule has 0 spiro atoms. The molecule has 196 valence electrons. The Morgan fingerprint density at radius 2 is 2.03 bits per heavy atom. The molecule has 0 amide bonds. The lowest BCUT2D eigenvalue weighted by atomic mass is 10.1. The van der Waals surface area contributed by atoms with E-state index in [1.807, 2.05) is 29.5 Å². The summed E-state index contributed by atoms with van der Waals surface area (Å²) in [6.45, 7) is 6.08. The molecule has 1 unspecified atom stereocenters. The second-order valence-electron chi connectivity index (χ2n) is 9.29. The van der Waals surface area contributed by atoms with Crippen LogP contribution in [0.15, 0.2) is 18.3 Å². The van der Waals surface area contributed by atoms with E-state index in [9.17, 15) is 13.2 Å². The number of morpholine rings is 1. The summed E-state index contributed by atoms with van der Waals surface area (Å²) in [5.74, 6) is 0.528. The van der Waals surface area contributed by atoms with Crippen LogP contribution >= 0.6 is 11.5 Å². The first-order chi connectivity index (χ1) is 17.8. The molecule has 0 N–H and O–H groups in total. The molecule has 14 heteroatoms. The molecule has 2 aliphatic rings. The van der Waals surface area contributed by atoms with E-state index in [0.717, 1.165) is 53.1 Å². The predicted molar refractivity (Wildman–Crippen MR) is 130 cm³/mol. The van der Waals surface area contributed by atoms with Crippen molar-refractivity contribution in [2.45, 2.75) is 51.6 Å². The second-order valence-corrected chi connectivity index (χ2v) is 10.1. The third-order valence-corrected chi connectivity index (χ3v) is 7.51. The Bertz CT molecular complexity index is 1430. The summed E-state index contributed by atoms with van der Waals surface area (Å²) in [4.78, 5) is 6.97. The van der Waals surface area contributed by atoms with Crippen LogP contribution in [0, 0.1) is 6.92 Å². The smallest absolute Gasteiger partial charge is 0.377 e. The van der Waals surface area contributed by atoms with Crippen molar-refractivity contribution in [3.63, 3.8) is 0 Å². The number of aryl methyl sites for hydroxylation is 1. The zero-order chi connectivity index (χ0) is 25.7. The van der Waals surface area contributed by atoms with Crippen LogP contribution < -0.4 is 4.90 Å². The molecule has 0 aromatic carbocycles. The SMILES string of the molecule is Cc1cc(-c2nsc3c(-n4nncc4C(F)(F)F)cc(N4CCOC[C@H]4C)nc23)n(C2CCCCO2)n1. The van der Waals surface area contributed by atoms with Gasteiger partial charge in [0.2, 0.25) is 0 Å². The highest BCUT2D eigenvalue weighted by Gasteiger charge is 2.37. The third kappa shape index (κ3) is 4.36. The number of pyridine rings is 1. The van der Waals surface area contributed by atoms with E-state index in [2.05, 4.69) is 19.8 Å². The number of nitrogens with zero attached hydrogens (tertiary/aromatic N) is 8. The number of alkyl halides is 3. The first-order valence-corrected chi connectivity index (χ1v) is 12.9. The molecular formula is C23H25F3N8O2S. The lowest BCUT2D eigenvalue weighted by Crippen LogP contribution is -2.44. The largest absolute Gasteiger partial charge is 0.435 e. The van der Waals surface area contributed by atoms with Crippen molar-refractivity contribution in [1.82, 2.24) is 34.1 Å². The van der Waals surface area contributed by atoms with Crippen molar-refractivity contribution in [2.24, 2.45) is 0 Å². The zero-order valence-corrected chi connectivity index (χ0v) is 21.1. The van der Waals surface area contributed by atoms with Gasteiger partial charge in [-0.3, -0.25) is 0 Å². The van der Waals surface area contributed by atoms with Crippen LogP contribution in [-0.2, 0) is 15.7 Å². The van der Waals surface area contributed by atoms with Gasteiger partial charge >= 0.3 is 6.18 Å². The number of halogens is 3. The molecule has 0 saturated carbocycles. The molecule has 6 rings (SSSR count). The van der Waals surface area contributed by atoms with Gasteiger partial charge in [-0.2, -0.15) is 22.6 Å². The Balaban J connectivity index is 1.57. The number of anilines is 1. The van der Waals surface area contributed by atoms with Crippen molar-refractivity contribution in [1.29, 1.82) is 0 Å². The van der Waals surface area contributed by atoms with E-state index in [1.54, 1.807) is 6.07 Å². The standard InChI is InChI=1S/C23H25F3N8O2S/c1-13-9-15(34(29-13)19-5-3-4-7-36-19)20-21-22(37-30-20)16(33-17(11-27-31-33)23(24,25)26)10-18(28-21)32-6-8-35-12-14(32)2/h9-11,14,19H,3-8,12H2,1-2H3/t14-,19?/m1/s1. The first kappa shape index (κ1) is 24.2. The Kier molecular flexibility index (Phi) is 6.12. The van der Waals surface area contributed by atoms with Gasteiger partial charge in [-0.1, -0.05) is 5.21 Å². The van der Waals surface area contributed by atoms with E-state index < -0.39 is 11.9 Å². The molecule has 4 aromatic heterocycles. The molecule has 37 heavy (non-hydrogen) atoms. The van der Waals surface area contributed by atoms with Crippen molar-refractivity contribution >= 4 is 27.6 Å². The number of aromatic nitrogens is 7. The molecule has 6 heterocycles. The number of ether oxygens (including phenoxy) is 2. The minimum absolute atomic E-state index is 0.0113. The molecule has 0 aliphatic carbocycles. The monoisotopic (exact) mass is 534 g/mol. The molecular weight excluding hydrogens is 509 g/mol. The van der Waals surface area contributed by atoms with Gasteiger partial charge in [-0.05, 0) is 50.7 Å². The predicted octanol–water partition coefficient (Wildman–Crippen LogP) is 4.39. The van der Waals surface area contributed by atoms with E-state index in [0.29, 0.717) is 48.1 Å². The van der Waals surface area contributed by atoms with Gasteiger partial charge in [0.1, 0.15) is 21.7 Å². The number of rotatable bonds is 4. The fourth-order valence-electron chi connectivity index (χ4n) is 4.87. The Hall–Kier alpha value is -3.10. The fraction of sp³-hybridized carbons (Fsp3) is 0.522. The molecule has 0 radical (unpaired) electrons. The maximum atomic E-state index is 13.8. The molecule has 10 nitrogen and oxygen atoms in total. The van der Waals surface area contributed by atoms with Crippen molar-refractivity contribution in [3.8, 4) is 17.1 Å². The summed E-state index contributed by atoms with van der Waals surface area (Å²) in [5.41, 5.74) is 1.80. The molecule has 2 fully saturated rings. The van der Waals surface area contributed by atoms with Crippen molar-refractivity contribution in [3.05, 3.63) is 29.7 Å². The number of hydrogen-bond acceptors (Lipinski definition) is 9. The third-order valence-electron chi connectivity index (χ3n) is 6.65. The normalized spacial score (nSPS) is 21.2. The summed E-state index contributed by atoms with van der Waals surface area (Å²) in [7, 11) is 0. The van der Waals surface area contributed by atoms with Crippen LogP contribution in [0.3, 0.4) is 0 Å². The summed E-state index contributed by atoms with van der Waals surface area (Å²) >= 11 is 1.08. The fourth-order valence-corrected chi connectivity index (χ4v) is 5.70. The van der Waals surface area contributed by atoms with Gasteiger partial charge in [0.15, 0.2) is 11.9 Å². The summed E-state index contributed by atoms with van der Waals surface area (Å²) in [6, 6.07) is 3.53. The van der Waals surface area contributed by atoms with Gasteiger partial charge in [-0.15, -0.1) is 5.10 Å². The summed E-state index contributed by atoms with van der Waals surface area (Å²) in [6.07, 6.45) is -1.30. The average molecular weight is 535 g/mol. The maximum absolute atomic E-state index is 13.8. The van der Waals surface area contributed by atoms with E-state index >= 15 is 0 Å². The summed E-state index contributed by atoms with van der Waals surface area (Å²) in [5, 5.41) is 12.0. The molecule has 2 atom stereocenters. The molecule has 0 bridgehead atoms. The van der Waals surface area contributed by atoms with Crippen LogP contribution in [0.5, 0.6) is 0 Å². The average Bonchev–Trinajstić information content (AvgIpc) is 3.62. The quantitative estimate of drug-likeness (QED) is 0.381. The topological polar surface area (TPSA) is 96.0 Å². The van der Waals surface area contributed by atoms with E-state index in [-0.39, 0.29) is 18.0 Å². The zero-order valence-electron chi connectivity index (χ0n) is 20.3. The van der Waals surface area contributed by atoms with Gasteiger partial charge in [-0.25, -0.2) is 14.3 Å². The van der Waals surface area contributed by atoms with Crippen molar-refractivity contribution < 1.29 is 22.6 Å². The molecule has 2 aliphatic heterocycles. The highest BCUT2D eigenvalue weighted by Crippen LogP contribution is 2.39. The highest BCUT2D eigenvalue weighted by molar-refractivity contribution is 7.14. The molecule has 4 aromatic rings. The Morgan fingerprint density at radius 3 is 2.78 bits per heavy atom. The van der Waals surface area contributed by atoms with Gasteiger partial charge < -0.3 is 14.4 Å². The van der Waals surface area contributed by atoms with Crippen LogP contribution in [0.4, 0.5) is 19.0 Å². The Labute approximate surface area is 214 Å². The number of fused-ring (bicyclic) bond motifs is 1. The van der Waals surface area contributed by atoms with E-state index in [4.69, 9.17) is 14.5 Å². The lowest BCUT2D eigenvalue weighted by Gasteiger charge is -2.34. The van der Waals surface area contributed by atoms with Crippen LogP contribution in [0.2, 0.25) is 0 Å². The first-order valence-electron chi connectivity index (χ1n) is 12.1. The second kappa shape index (κ2) is 9.33. The maximum Gasteiger partial charge on any atom is 0.435 e. The van der Waals surface area contributed by atoms with Crippen LogP contribution in [0.25, 0.3) is 27.3 Å². The minimum atomic E-state index is -4.63. The van der Waals surface area contributed by atoms with Crippen LogP contribution in [-0.4, -0.2) is 66.5 Å². The number of hydrogen-bond donors (Lipinski definition) is 0. The lowest BCUT2D eigenvalue weighted by molar-refractivity contribution is -0.142. The van der Waals surface area contributed by atoms with Crippen molar-refractivity contribution in [2.75, 3.05) is 31.3 Å². The highest BCUT2D eigenvalue weighted by atomic mass is 32.1. The van der Waals surface area contributed by atoms with E-state index in [1.165, 1.54) is 0 Å². The van der Waals surface area contributed by atoms with Gasteiger partial charge in [0.25, 0.3) is 0 Å². The minimum Gasteiger partial charge on any atom is -0.377 e.